The lowest BCUT2D eigenvalue weighted by molar-refractivity contribution is -0.137. The van der Waals surface area contributed by atoms with E-state index in [2.05, 4.69) is 0 Å². The van der Waals surface area contributed by atoms with E-state index in [4.69, 9.17) is 4.74 Å². The van der Waals surface area contributed by atoms with Crippen LogP contribution in [0.4, 0.5) is 0 Å². The number of hydrogen-bond acceptors (Lipinski definition) is 3. The van der Waals surface area contributed by atoms with Crippen LogP contribution < -0.4 is 0 Å². The summed E-state index contributed by atoms with van der Waals surface area (Å²) in [7, 11) is 0. The summed E-state index contributed by atoms with van der Waals surface area (Å²) in [6.07, 6.45) is 6.15. The Hall–Kier alpha value is -1.77. The number of ether oxygens (including phenoxy) is 1. The highest BCUT2D eigenvalue weighted by molar-refractivity contribution is 5.87. The molecule has 104 valence electrons. The maximum Gasteiger partial charge on any atom is 0.330 e. The molecule has 3 heteroatoms. The number of rotatable bonds is 3. The van der Waals surface area contributed by atoms with Gasteiger partial charge in [0, 0.05) is 6.08 Å². The van der Waals surface area contributed by atoms with Gasteiger partial charge in [-0.2, -0.15) is 0 Å². The minimum atomic E-state index is -0.327. The van der Waals surface area contributed by atoms with Gasteiger partial charge in [-0.1, -0.05) is 19.9 Å². The van der Waals surface area contributed by atoms with E-state index in [9.17, 15) is 9.90 Å². The van der Waals surface area contributed by atoms with E-state index in [0.717, 1.165) is 36.0 Å². The third-order valence-corrected chi connectivity index (χ3v) is 2.98. The van der Waals surface area contributed by atoms with Crippen LogP contribution in [0.2, 0.25) is 0 Å². The molecule has 0 unspecified atom stereocenters. The van der Waals surface area contributed by atoms with E-state index in [1.54, 1.807) is 19.1 Å². The third-order valence-electron chi connectivity index (χ3n) is 2.98. The molecular weight excluding hydrogens is 240 g/mol. The molecule has 1 aliphatic carbocycles. The second-order valence-corrected chi connectivity index (χ2v) is 4.07. The zero-order valence-electron chi connectivity index (χ0n) is 11.9. The second-order valence-electron chi connectivity index (χ2n) is 4.07. The summed E-state index contributed by atoms with van der Waals surface area (Å²) in [6.45, 7) is 6.17. The molecule has 0 saturated heterocycles. The number of phenols is 1. The number of carbonyl (C=O) groups excluding carboxylic acids is 1. The minimum Gasteiger partial charge on any atom is -0.508 e. The molecule has 0 bridgehead atoms. The highest BCUT2D eigenvalue weighted by Crippen LogP contribution is 2.32. The second kappa shape index (κ2) is 7.62. The molecule has 0 radical (unpaired) electrons. The van der Waals surface area contributed by atoms with E-state index in [1.165, 1.54) is 6.08 Å². The fraction of sp³-hybridized carbons (Fsp3) is 0.438. The standard InChI is InChI=1S/C14H16O3.C2H6/c1-2-17-14(16)9-7-10-6-8-13(15)12-5-3-4-11(10)12;1-2/h6-9,15H,2-5H2,1H3;1-2H3/b9-7+;. The Bertz CT molecular complexity index is 461. The molecule has 3 nitrogen and oxygen atoms in total. The molecule has 0 aliphatic heterocycles. The average molecular weight is 262 g/mol. The molecular formula is C16H22O3. The molecule has 1 N–H and O–H groups in total. The highest BCUT2D eigenvalue weighted by Gasteiger charge is 2.17. The molecule has 0 heterocycles. The van der Waals surface area contributed by atoms with Gasteiger partial charge in [0.1, 0.15) is 5.75 Å². The van der Waals surface area contributed by atoms with Crippen LogP contribution in [0.15, 0.2) is 18.2 Å². The number of benzene rings is 1. The van der Waals surface area contributed by atoms with Gasteiger partial charge in [-0.25, -0.2) is 4.79 Å². The molecule has 0 saturated carbocycles. The van der Waals surface area contributed by atoms with E-state index in [0.29, 0.717) is 12.4 Å². The molecule has 1 aliphatic rings. The Morgan fingerprint density at radius 1 is 1.32 bits per heavy atom. The minimum absolute atomic E-state index is 0.327. The summed E-state index contributed by atoms with van der Waals surface area (Å²) >= 11 is 0. The summed E-state index contributed by atoms with van der Waals surface area (Å²) in [5.74, 6) is 0.0399. The van der Waals surface area contributed by atoms with Crippen LogP contribution in [-0.2, 0) is 22.4 Å². The Morgan fingerprint density at radius 2 is 2.00 bits per heavy atom. The zero-order chi connectivity index (χ0) is 14.3. The van der Waals surface area contributed by atoms with Crippen molar-refractivity contribution in [2.24, 2.45) is 0 Å². The van der Waals surface area contributed by atoms with Gasteiger partial charge in [-0.3, -0.25) is 0 Å². The number of carbonyl (C=O) groups is 1. The number of esters is 1. The smallest absolute Gasteiger partial charge is 0.330 e. The molecule has 19 heavy (non-hydrogen) atoms. The number of hydrogen-bond donors (Lipinski definition) is 1. The molecule has 0 amide bonds. The quantitative estimate of drug-likeness (QED) is 0.670. The Labute approximate surface area is 114 Å². The molecule has 0 aromatic heterocycles. The predicted molar refractivity (Wildman–Crippen MR) is 77.1 cm³/mol. The van der Waals surface area contributed by atoms with Crippen LogP contribution in [0.1, 0.15) is 43.9 Å². The van der Waals surface area contributed by atoms with Crippen molar-refractivity contribution in [1.82, 2.24) is 0 Å². The van der Waals surface area contributed by atoms with Gasteiger partial charge >= 0.3 is 5.97 Å². The third kappa shape index (κ3) is 3.85. The van der Waals surface area contributed by atoms with E-state index in [1.807, 2.05) is 19.9 Å². The normalized spacial score (nSPS) is 12.8. The van der Waals surface area contributed by atoms with Crippen LogP contribution in [0.25, 0.3) is 6.08 Å². The first kappa shape index (κ1) is 15.3. The topological polar surface area (TPSA) is 46.5 Å². The maximum atomic E-state index is 11.2. The van der Waals surface area contributed by atoms with Crippen LogP contribution in [0, 0.1) is 0 Å². The summed E-state index contributed by atoms with van der Waals surface area (Å²) in [5, 5.41) is 9.70. The Balaban J connectivity index is 0.000000861. The summed E-state index contributed by atoms with van der Waals surface area (Å²) in [6, 6.07) is 3.53. The van der Waals surface area contributed by atoms with Crippen molar-refractivity contribution < 1.29 is 14.6 Å². The van der Waals surface area contributed by atoms with Gasteiger partial charge < -0.3 is 9.84 Å². The van der Waals surface area contributed by atoms with Crippen molar-refractivity contribution in [2.45, 2.75) is 40.0 Å². The summed E-state index contributed by atoms with van der Waals surface area (Å²) in [4.78, 5) is 11.2. The lowest BCUT2D eigenvalue weighted by Gasteiger charge is -2.06. The van der Waals surface area contributed by atoms with Gasteiger partial charge in [0.05, 0.1) is 6.61 Å². The van der Waals surface area contributed by atoms with Crippen molar-refractivity contribution in [2.75, 3.05) is 6.61 Å². The van der Waals surface area contributed by atoms with Gasteiger partial charge in [-0.15, -0.1) is 0 Å². The lowest BCUT2D eigenvalue weighted by Crippen LogP contribution is -1.99. The number of fused-ring (bicyclic) bond motifs is 1. The monoisotopic (exact) mass is 262 g/mol. The fourth-order valence-electron chi connectivity index (χ4n) is 2.22. The molecule has 1 aromatic rings. The molecule has 0 fully saturated rings. The molecule has 0 spiro atoms. The highest BCUT2D eigenvalue weighted by atomic mass is 16.5. The number of aromatic hydroxyl groups is 1. The Morgan fingerprint density at radius 3 is 2.68 bits per heavy atom. The lowest BCUT2D eigenvalue weighted by atomic mass is 10.0. The first-order chi connectivity index (χ1) is 9.22. The van der Waals surface area contributed by atoms with Gasteiger partial charge in [0.2, 0.25) is 0 Å². The SMILES string of the molecule is CC.CCOC(=O)/C=C/c1ccc(O)c2c1CCC2. The van der Waals surface area contributed by atoms with E-state index >= 15 is 0 Å². The van der Waals surface area contributed by atoms with Crippen LogP contribution in [-0.4, -0.2) is 17.7 Å². The van der Waals surface area contributed by atoms with Gasteiger partial charge in [-0.05, 0) is 55.0 Å². The maximum absolute atomic E-state index is 11.2. The van der Waals surface area contributed by atoms with Crippen LogP contribution in [0.5, 0.6) is 5.75 Å². The van der Waals surface area contributed by atoms with Gasteiger partial charge in [0.15, 0.2) is 0 Å². The van der Waals surface area contributed by atoms with Crippen molar-refractivity contribution in [3.8, 4) is 5.75 Å². The first-order valence-electron chi connectivity index (χ1n) is 6.91. The van der Waals surface area contributed by atoms with Crippen molar-refractivity contribution in [3.05, 3.63) is 34.9 Å². The average Bonchev–Trinajstić information content (AvgIpc) is 2.91. The van der Waals surface area contributed by atoms with Crippen LogP contribution >= 0.6 is 0 Å². The van der Waals surface area contributed by atoms with Crippen molar-refractivity contribution in [1.29, 1.82) is 0 Å². The zero-order valence-corrected chi connectivity index (χ0v) is 11.9. The first-order valence-corrected chi connectivity index (χ1v) is 6.91. The Kier molecular flexibility index (Phi) is 6.13. The predicted octanol–water partition coefficient (Wildman–Crippen LogP) is 3.48. The fourth-order valence-corrected chi connectivity index (χ4v) is 2.22. The molecule has 1 aromatic carbocycles. The van der Waals surface area contributed by atoms with Crippen molar-refractivity contribution in [3.63, 3.8) is 0 Å². The molecule has 2 rings (SSSR count). The largest absolute Gasteiger partial charge is 0.508 e. The van der Waals surface area contributed by atoms with E-state index < -0.39 is 0 Å². The van der Waals surface area contributed by atoms with Crippen molar-refractivity contribution >= 4 is 12.0 Å². The van der Waals surface area contributed by atoms with Crippen LogP contribution in [0.3, 0.4) is 0 Å². The number of phenolic OH excluding ortho intramolecular Hbond substituents is 1. The van der Waals surface area contributed by atoms with Gasteiger partial charge in [0.25, 0.3) is 0 Å². The van der Waals surface area contributed by atoms with E-state index in [-0.39, 0.29) is 5.97 Å². The molecule has 0 atom stereocenters. The summed E-state index contributed by atoms with van der Waals surface area (Å²) < 4.78 is 4.83. The summed E-state index contributed by atoms with van der Waals surface area (Å²) in [5.41, 5.74) is 3.19.